The smallest absolute Gasteiger partial charge is 0.254 e. The molecule has 0 atom stereocenters. The van der Waals surface area contributed by atoms with Crippen LogP contribution in [0, 0.1) is 12.8 Å². The van der Waals surface area contributed by atoms with Gasteiger partial charge in [-0.25, -0.2) is 9.97 Å². The molecule has 1 aromatic carbocycles. The molecule has 116 valence electrons. The van der Waals surface area contributed by atoms with Crippen LogP contribution in [0.4, 0.5) is 5.95 Å². The van der Waals surface area contributed by atoms with Gasteiger partial charge in [-0.3, -0.25) is 4.79 Å². The van der Waals surface area contributed by atoms with Crippen molar-refractivity contribution >= 4 is 11.9 Å². The van der Waals surface area contributed by atoms with E-state index in [4.69, 9.17) is 0 Å². The largest absolute Gasteiger partial charge is 0.354 e. The van der Waals surface area contributed by atoms with Crippen molar-refractivity contribution in [1.82, 2.24) is 15.3 Å². The number of anilines is 1. The molecular formula is C17H22N4O. The second-order valence-corrected chi connectivity index (χ2v) is 5.74. The first kappa shape index (κ1) is 15.9. The molecule has 2 aromatic rings. The van der Waals surface area contributed by atoms with Crippen molar-refractivity contribution in [3.05, 3.63) is 53.3 Å². The van der Waals surface area contributed by atoms with Crippen LogP contribution in [0.1, 0.15) is 35.3 Å². The lowest BCUT2D eigenvalue weighted by molar-refractivity contribution is 0.0950. The summed E-state index contributed by atoms with van der Waals surface area (Å²) in [6.45, 7) is 7.56. The number of amides is 1. The summed E-state index contributed by atoms with van der Waals surface area (Å²) in [5.74, 6) is 0.890. The number of hydrogen-bond donors (Lipinski definition) is 2. The van der Waals surface area contributed by atoms with Crippen LogP contribution in [0.15, 0.2) is 36.7 Å². The maximum Gasteiger partial charge on any atom is 0.254 e. The van der Waals surface area contributed by atoms with Gasteiger partial charge in [-0.2, -0.15) is 0 Å². The Balaban J connectivity index is 1.88. The van der Waals surface area contributed by atoms with Gasteiger partial charge in [0.1, 0.15) is 0 Å². The van der Waals surface area contributed by atoms with Crippen LogP contribution in [0.5, 0.6) is 0 Å². The van der Waals surface area contributed by atoms with Gasteiger partial charge in [-0.15, -0.1) is 0 Å². The summed E-state index contributed by atoms with van der Waals surface area (Å²) in [6, 6.07) is 8.07. The Labute approximate surface area is 131 Å². The molecule has 0 saturated carbocycles. The number of hydrogen-bond acceptors (Lipinski definition) is 4. The van der Waals surface area contributed by atoms with Gasteiger partial charge in [-0.05, 0) is 18.4 Å². The third-order valence-corrected chi connectivity index (χ3v) is 3.16. The van der Waals surface area contributed by atoms with E-state index in [-0.39, 0.29) is 5.91 Å². The summed E-state index contributed by atoms with van der Waals surface area (Å²) in [4.78, 5) is 20.4. The summed E-state index contributed by atoms with van der Waals surface area (Å²) in [6.07, 6.45) is 3.08. The lowest BCUT2D eigenvalue weighted by Crippen LogP contribution is -2.23. The summed E-state index contributed by atoms with van der Waals surface area (Å²) < 4.78 is 0. The topological polar surface area (TPSA) is 66.9 Å². The second kappa shape index (κ2) is 7.54. The molecule has 22 heavy (non-hydrogen) atoms. The minimum Gasteiger partial charge on any atom is -0.354 e. The predicted octanol–water partition coefficient (Wildman–Crippen LogP) is 2.78. The standard InChI is InChI=1S/C17H22N4O/c1-12(2)8-19-17-20-10-15(11-21-17)16(22)18-9-14-6-4-13(3)5-7-14/h4-7,10-12H,8-9H2,1-3H3,(H,18,22)(H,19,20,21). The molecule has 0 saturated heterocycles. The average Bonchev–Trinajstić information content (AvgIpc) is 2.52. The maximum absolute atomic E-state index is 12.1. The minimum absolute atomic E-state index is 0.170. The number of carbonyl (C=O) groups is 1. The Morgan fingerprint density at radius 2 is 1.77 bits per heavy atom. The number of nitrogens with one attached hydrogen (secondary N) is 2. The Bertz CT molecular complexity index is 606. The van der Waals surface area contributed by atoms with E-state index in [0.29, 0.717) is 24.0 Å². The number of nitrogens with zero attached hydrogens (tertiary/aromatic N) is 2. The number of aryl methyl sites for hydroxylation is 1. The summed E-state index contributed by atoms with van der Waals surface area (Å²) >= 11 is 0. The molecule has 1 amide bonds. The second-order valence-electron chi connectivity index (χ2n) is 5.74. The van der Waals surface area contributed by atoms with Gasteiger partial charge in [-0.1, -0.05) is 43.7 Å². The van der Waals surface area contributed by atoms with Crippen molar-refractivity contribution in [2.75, 3.05) is 11.9 Å². The van der Waals surface area contributed by atoms with Gasteiger partial charge in [0.2, 0.25) is 5.95 Å². The highest BCUT2D eigenvalue weighted by Crippen LogP contribution is 2.05. The highest BCUT2D eigenvalue weighted by Gasteiger charge is 2.07. The quantitative estimate of drug-likeness (QED) is 0.860. The first-order valence-corrected chi connectivity index (χ1v) is 7.44. The third kappa shape index (κ3) is 4.84. The van der Waals surface area contributed by atoms with Crippen molar-refractivity contribution in [3.63, 3.8) is 0 Å². The molecule has 0 radical (unpaired) electrons. The van der Waals surface area contributed by atoms with E-state index < -0.39 is 0 Å². The fraction of sp³-hybridized carbons (Fsp3) is 0.353. The predicted molar refractivity (Wildman–Crippen MR) is 87.7 cm³/mol. The SMILES string of the molecule is Cc1ccc(CNC(=O)c2cnc(NCC(C)C)nc2)cc1. The van der Waals surface area contributed by atoms with Crippen LogP contribution in [0.25, 0.3) is 0 Å². The van der Waals surface area contributed by atoms with E-state index in [1.54, 1.807) is 12.4 Å². The van der Waals surface area contributed by atoms with Crippen LogP contribution in [-0.2, 0) is 6.54 Å². The molecular weight excluding hydrogens is 276 g/mol. The molecule has 1 aromatic heterocycles. The number of carbonyl (C=O) groups excluding carboxylic acids is 1. The lowest BCUT2D eigenvalue weighted by Gasteiger charge is -2.08. The Hall–Kier alpha value is -2.43. The monoisotopic (exact) mass is 298 g/mol. The van der Waals surface area contributed by atoms with Crippen LogP contribution in [0.3, 0.4) is 0 Å². The van der Waals surface area contributed by atoms with Crippen LogP contribution < -0.4 is 10.6 Å². The van der Waals surface area contributed by atoms with Crippen LogP contribution in [-0.4, -0.2) is 22.4 Å². The Kier molecular flexibility index (Phi) is 5.47. The van der Waals surface area contributed by atoms with Crippen LogP contribution >= 0.6 is 0 Å². The van der Waals surface area contributed by atoms with Gasteiger partial charge in [0, 0.05) is 25.5 Å². The summed E-state index contributed by atoms with van der Waals surface area (Å²) in [5, 5.41) is 5.98. The molecule has 0 aliphatic rings. The fourth-order valence-electron chi connectivity index (χ4n) is 1.82. The van der Waals surface area contributed by atoms with Crippen molar-refractivity contribution in [2.24, 2.45) is 5.92 Å². The van der Waals surface area contributed by atoms with Crippen LogP contribution in [0.2, 0.25) is 0 Å². The van der Waals surface area contributed by atoms with Crippen molar-refractivity contribution < 1.29 is 4.79 Å². The molecule has 0 aliphatic carbocycles. The average molecular weight is 298 g/mol. The van der Waals surface area contributed by atoms with E-state index in [2.05, 4.69) is 34.4 Å². The highest BCUT2D eigenvalue weighted by molar-refractivity contribution is 5.93. The van der Waals surface area contributed by atoms with Gasteiger partial charge in [0.15, 0.2) is 0 Å². The normalized spacial score (nSPS) is 10.5. The lowest BCUT2D eigenvalue weighted by atomic mass is 10.1. The number of benzene rings is 1. The molecule has 5 heteroatoms. The molecule has 0 fully saturated rings. The molecule has 2 rings (SSSR count). The molecule has 0 spiro atoms. The fourth-order valence-corrected chi connectivity index (χ4v) is 1.82. The molecule has 0 aliphatic heterocycles. The zero-order chi connectivity index (χ0) is 15.9. The van der Waals surface area contributed by atoms with Crippen molar-refractivity contribution in [1.29, 1.82) is 0 Å². The van der Waals surface area contributed by atoms with E-state index in [1.165, 1.54) is 5.56 Å². The zero-order valence-electron chi connectivity index (χ0n) is 13.3. The van der Waals surface area contributed by atoms with Gasteiger partial charge in [0.25, 0.3) is 5.91 Å². The van der Waals surface area contributed by atoms with E-state index in [9.17, 15) is 4.79 Å². The Morgan fingerprint density at radius 1 is 1.14 bits per heavy atom. The van der Waals surface area contributed by atoms with E-state index in [1.807, 2.05) is 31.2 Å². The minimum atomic E-state index is -0.170. The third-order valence-electron chi connectivity index (χ3n) is 3.16. The van der Waals surface area contributed by atoms with Gasteiger partial charge in [0.05, 0.1) is 5.56 Å². The molecule has 1 heterocycles. The number of aromatic nitrogens is 2. The first-order valence-electron chi connectivity index (χ1n) is 7.44. The number of rotatable bonds is 6. The summed E-state index contributed by atoms with van der Waals surface area (Å²) in [7, 11) is 0. The van der Waals surface area contributed by atoms with E-state index >= 15 is 0 Å². The van der Waals surface area contributed by atoms with Crippen molar-refractivity contribution in [2.45, 2.75) is 27.3 Å². The Morgan fingerprint density at radius 3 is 2.36 bits per heavy atom. The highest BCUT2D eigenvalue weighted by atomic mass is 16.1. The van der Waals surface area contributed by atoms with Crippen molar-refractivity contribution in [3.8, 4) is 0 Å². The van der Waals surface area contributed by atoms with Gasteiger partial charge < -0.3 is 10.6 Å². The summed E-state index contributed by atoms with van der Waals surface area (Å²) in [5.41, 5.74) is 2.73. The van der Waals surface area contributed by atoms with E-state index in [0.717, 1.165) is 12.1 Å². The maximum atomic E-state index is 12.1. The molecule has 5 nitrogen and oxygen atoms in total. The molecule has 2 N–H and O–H groups in total. The molecule has 0 unspecified atom stereocenters. The zero-order valence-corrected chi connectivity index (χ0v) is 13.3. The van der Waals surface area contributed by atoms with Gasteiger partial charge >= 0.3 is 0 Å². The molecule has 0 bridgehead atoms. The first-order chi connectivity index (χ1) is 10.5.